The molecular formula is C17H23ClN4O2. The molecule has 1 aliphatic rings. The summed E-state index contributed by atoms with van der Waals surface area (Å²) in [6, 6.07) is 5.47. The minimum absolute atomic E-state index is 0.0426. The van der Waals surface area contributed by atoms with Crippen LogP contribution in [0.25, 0.3) is 11.0 Å². The van der Waals surface area contributed by atoms with E-state index in [4.69, 9.17) is 11.6 Å². The third-order valence-electron chi connectivity index (χ3n) is 4.28. The summed E-state index contributed by atoms with van der Waals surface area (Å²) in [4.78, 5) is 29.3. The first-order valence-electron chi connectivity index (χ1n) is 8.21. The molecule has 0 radical (unpaired) electrons. The van der Waals surface area contributed by atoms with E-state index in [0.29, 0.717) is 18.1 Å². The Morgan fingerprint density at radius 3 is 2.58 bits per heavy atom. The van der Waals surface area contributed by atoms with E-state index in [9.17, 15) is 9.59 Å². The summed E-state index contributed by atoms with van der Waals surface area (Å²) in [6.45, 7) is 7.18. The van der Waals surface area contributed by atoms with Crippen LogP contribution in [0.15, 0.2) is 23.0 Å². The van der Waals surface area contributed by atoms with Crippen LogP contribution >= 0.6 is 11.6 Å². The fourth-order valence-electron chi connectivity index (χ4n) is 3.19. The van der Waals surface area contributed by atoms with Gasteiger partial charge in [-0.25, -0.2) is 9.59 Å². The first-order chi connectivity index (χ1) is 11.2. The molecule has 0 saturated carbocycles. The van der Waals surface area contributed by atoms with E-state index in [1.165, 1.54) is 0 Å². The average molecular weight is 351 g/mol. The number of H-pyrrole nitrogens is 1. The van der Waals surface area contributed by atoms with E-state index < -0.39 is 0 Å². The van der Waals surface area contributed by atoms with Crippen LogP contribution in [0.2, 0.25) is 5.02 Å². The summed E-state index contributed by atoms with van der Waals surface area (Å²) >= 11 is 5.99. The zero-order valence-corrected chi connectivity index (χ0v) is 15.0. The number of likely N-dealkylation sites (tertiary alicyclic amines) is 1. The van der Waals surface area contributed by atoms with Crippen LogP contribution in [0.3, 0.4) is 0 Å². The van der Waals surface area contributed by atoms with Gasteiger partial charge >= 0.3 is 11.7 Å². The number of nitrogens with one attached hydrogen (secondary N) is 2. The van der Waals surface area contributed by atoms with Gasteiger partial charge in [-0.05, 0) is 51.8 Å². The number of imidazole rings is 1. The molecule has 2 amide bonds. The van der Waals surface area contributed by atoms with Gasteiger partial charge in [0.25, 0.3) is 0 Å². The van der Waals surface area contributed by atoms with Gasteiger partial charge in [0.2, 0.25) is 0 Å². The van der Waals surface area contributed by atoms with Crippen LogP contribution in [0.1, 0.15) is 39.7 Å². The molecule has 24 heavy (non-hydrogen) atoms. The van der Waals surface area contributed by atoms with Crippen molar-refractivity contribution in [3.63, 3.8) is 0 Å². The standard InChI is InChI=1S/C17H23ClN4O2/c1-17(2,3)20-16(24)21-8-6-12(7-9-21)22-14-5-4-11(18)10-13(14)19-15(22)23/h4-5,10,12H,6-9H2,1-3H3,(H,19,23)(H,20,24). The molecule has 2 aromatic rings. The van der Waals surface area contributed by atoms with Crippen molar-refractivity contribution < 1.29 is 4.79 Å². The average Bonchev–Trinajstić information content (AvgIpc) is 2.80. The van der Waals surface area contributed by atoms with E-state index in [0.717, 1.165) is 23.9 Å². The van der Waals surface area contributed by atoms with Crippen molar-refractivity contribution >= 4 is 28.7 Å². The Bertz CT molecular complexity index is 810. The third kappa shape index (κ3) is 3.43. The Morgan fingerprint density at radius 1 is 1.29 bits per heavy atom. The fourth-order valence-corrected chi connectivity index (χ4v) is 3.36. The Morgan fingerprint density at radius 2 is 1.96 bits per heavy atom. The van der Waals surface area contributed by atoms with Gasteiger partial charge in [-0.3, -0.25) is 4.57 Å². The highest BCUT2D eigenvalue weighted by atomic mass is 35.5. The van der Waals surface area contributed by atoms with Gasteiger partial charge in [0, 0.05) is 29.7 Å². The van der Waals surface area contributed by atoms with Crippen molar-refractivity contribution in [2.24, 2.45) is 0 Å². The molecule has 0 bridgehead atoms. The monoisotopic (exact) mass is 350 g/mol. The minimum atomic E-state index is -0.249. The predicted molar refractivity (Wildman–Crippen MR) is 95.7 cm³/mol. The van der Waals surface area contributed by atoms with Gasteiger partial charge in [-0.2, -0.15) is 0 Å². The molecule has 1 aromatic carbocycles. The molecule has 130 valence electrons. The molecule has 0 spiro atoms. The number of carbonyl (C=O) groups is 1. The Hall–Kier alpha value is -1.95. The number of fused-ring (bicyclic) bond motifs is 1. The highest BCUT2D eigenvalue weighted by molar-refractivity contribution is 6.31. The van der Waals surface area contributed by atoms with Crippen molar-refractivity contribution in [3.8, 4) is 0 Å². The number of nitrogens with zero attached hydrogens (tertiary/aromatic N) is 2. The van der Waals surface area contributed by atoms with Crippen molar-refractivity contribution in [3.05, 3.63) is 33.7 Å². The van der Waals surface area contributed by atoms with E-state index in [1.807, 2.05) is 31.7 Å². The van der Waals surface area contributed by atoms with Crippen LogP contribution < -0.4 is 11.0 Å². The zero-order valence-electron chi connectivity index (χ0n) is 14.2. The summed E-state index contributed by atoms with van der Waals surface area (Å²) in [7, 11) is 0. The molecular weight excluding hydrogens is 328 g/mol. The molecule has 0 atom stereocenters. The number of urea groups is 1. The lowest BCUT2D eigenvalue weighted by atomic mass is 10.0. The molecule has 2 heterocycles. The predicted octanol–water partition coefficient (Wildman–Crippen LogP) is 3.13. The first-order valence-corrected chi connectivity index (χ1v) is 8.59. The lowest BCUT2D eigenvalue weighted by Crippen LogP contribution is -2.51. The quantitative estimate of drug-likeness (QED) is 0.829. The Labute approximate surface area is 145 Å². The normalized spacial score (nSPS) is 16.6. The van der Waals surface area contributed by atoms with E-state index >= 15 is 0 Å². The maximum Gasteiger partial charge on any atom is 0.326 e. The molecule has 0 unspecified atom stereocenters. The number of hydrogen-bond donors (Lipinski definition) is 2. The lowest BCUT2D eigenvalue weighted by molar-refractivity contribution is 0.164. The van der Waals surface area contributed by atoms with Crippen molar-refractivity contribution in [1.82, 2.24) is 19.8 Å². The highest BCUT2D eigenvalue weighted by Gasteiger charge is 2.27. The van der Waals surface area contributed by atoms with Crippen LogP contribution in [0.4, 0.5) is 4.79 Å². The largest absolute Gasteiger partial charge is 0.333 e. The van der Waals surface area contributed by atoms with Gasteiger partial charge in [0.15, 0.2) is 0 Å². The first kappa shape index (κ1) is 16.9. The number of carbonyl (C=O) groups excluding carboxylic acids is 1. The number of rotatable bonds is 1. The molecule has 0 aliphatic carbocycles. The van der Waals surface area contributed by atoms with Gasteiger partial charge in [-0.1, -0.05) is 11.6 Å². The van der Waals surface area contributed by atoms with Gasteiger partial charge in [-0.15, -0.1) is 0 Å². The lowest BCUT2D eigenvalue weighted by Gasteiger charge is -2.34. The number of aromatic amines is 1. The molecule has 1 saturated heterocycles. The zero-order chi connectivity index (χ0) is 17.5. The van der Waals surface area contributed by atoms with Crippen molar-refractivity contribution in [2.45, 2.75) is 45.2 Å². The summed E-state index contributed by atoms with van der Waals surface area (Å²) in [5.41, 5.74) is 1.24. The summed E-state index contributed by atoms with van der Waals surface area (Å²) in [5, 5.41) is 3.58. The molecule has 1 aliphatic heterocycles. The third-order valence-corrected chi connectivity index (χ3v) is 4.51. The molecule has 3 rings (SSSR count). The second-order valence-corrected chi connectivity index (χ2v) is 7.80. The van der Waals surface area contributed by atoms with Crippen molar-refractivity contribution in [1.29, 1.82) is 0 Å². The van der Waals surface area contributed by atoms with Crippen LogP contribution in [0.5, 0.6) is 0 Å². The number of amides is 2. The fraction of sp³-hybridized carbons (Fsp3) is 0.529. The van der Waals surface area contributed by atoms with E-state index in [2.05, 4.69) is 10.3 Å². The molecule has 1 fully saturated rings. The number of piperidine rings is 1. The molecule has 6 nitrogen and oxygen atoms in total. The maximum absolute atomic E-state index is 12.3. The van der Waals surface area contributed by atoms with Gasteiger partial charge in [0.05, 0.1) is 11.0 Å². The van der Waals surface area contributed by atoms with Crippen molar-refractivity contribution in [2.75, 3.05) is 13.1 Å². The maximum atomic E-state index is 12.3. The van der Waals surface area contributed by atoms with Crippen LogP contribution in [-0.2, 0) is 0 Å². The summed E-state index contributed by atoms with van der Waals surface area (Å²) in [5.74, 6) is 0. The van der Waals surface area contributed by atoms with E-state index in [1.54, 1.807) is 16.7 Å². The summed E-state index contributed by atoms with van der Waals surface area (Å²) < 4.78 is 1.80. The molecule has 2 N–H and O–H groups in total. The summed E-state index contributed by atoms with van der Waals surface area (Å²) in [6.07, 6.45) is 1.51. The number of benzene rings is 1. The minimum Gasteiger partial charge on any atom is -0.333 e. The second kappa shape index (κ2) is 6.16. The highest BCUT2D eigenvalue weighted by Crippen LogP contribution is 2.26. The Kier molecular flexibility index (Phi) is 4.34. The Balaban J connectivity index is 1.75. The van der Waals surface area contributed by atoms with Crippen LogP contribution in [-0.4, -0.2) is 39.1 Å². The topological polar surface area (TPSA) is 70.1 Å². The van der Waals surface area contributed by atoms with Gasteiger partial charge < -0.3 is 15.2 Å². The van der Waals surface area contributed by atoms with Crippen LogP contribution in [0, 0.1) is 0 Å². The van der Waals surface area contributed by atoms with Gasteiger partial charge in [0.1, 0.15) is 0 Å². The molecule has 1 aromatic heterocycles. The smallest absolute Gasteiger partial charge is 0.326 e. The number of hydrogen-bond acceptors (Lipinski definition) is 2. The van der Waals surface area contributed by atoms with E-state index in [-0.39, 0.29) is 23.3 Å². The number of aromatic nitrogens is 2. The second-order valence-electron chi connectivity index (χ2n) is 7.36. The SMILES string of the molecule is CC(C)(C)NC(=O)N1CCC(n2c(=O)[nH]c3cc(Cl)ccc32)CC1. The number of halogens is 1. The molecule has 7 heteroatoms.